The van der Waals surface area contributed by atoms with Gasteiger partial charge in [-0.2, -0.15) is 0 Å². The van der Waals surface area contributed by atoms with Crippen LogP contribution in [0.2, 0.25) is 0 Å². The van der Waals surface area contributed by atoms with Gasteiger partial charge in [0, 0.05) is 35.6 Å². The zero-order valence-corrected chi connectivity index (χ0v) is 10.2. The first-order chi connectivity index (χ1) is 1.00. The molecule has 0 aliphatic heterocycles. The standard InChI is InChI=1S/Co.La.O.Sr.2H/q;;;+2;2*-1. The summed E-state index contributed by atoms with van der Waals surface area (Å²) in [6.07, 6.45) is 0. The zero-order chi connectivity index (χ0) is 2.00. The van der Waals surface area contributed by atoms with E-state index in [0.29, 0.717) is 0 Å². The summed E-state index contributed by atoms with van der Waals surface area (Å²) in [7, 11) is 0. The maximum Gasteiger partial charge on any atom is 2.00 e. The fraction of sp³-hybridized carbons (Fsp3) is 0. The third-order valence-electron chi connectivity index (χ3n) is 0. The monoisotopic (exact) mass is 304 g/mol. The summed E-state index contributed by atoms with van der Waals surface area (Å²) >= 11 is 2.31. The Hall–Kier alpha value is 2.98. The Bertz CT molecular complexity index is 13.5. The number of rotatable bonds is 0. The second-order valence-corrected chi connectivity index (χ2v) is 0. The molecule has 4 heavy (non-hydrogen) atoms. The van der Waals surface area contributed by atoms with Crippen molar-refractivity contribution in [2.75, 3.05) is 0 Å². The molecule has 22 valence electrons. The second kappa shape index (κ2) is 16.7. The van der Waals surface area contributed by atoms with Gasteiger partial charge in [0.15, 0.2) is 0 Å². The van der Waals surface area contributed by atoms with Gasteiger partial charge < -0.3 is 2.85 Å². The normalized spacial score (nSPS) is 1.25. The molecule has 0 bridgehead atoms. The smallest absolute Gasteiger partial charge is 2.00 e. The molecule has 0 atom stereocenters. The SMILES string of the molecule is [H-].[H-].[La].[O]=[Co].[Sr+2]. The minimum Gasteiger partial charge on any atom is 2.00 e. The first-order valence-corrected chi connectivity index (χ1v) is 0.561. The average molecular weight is 303 g/mol. The van der Waals surface area contributed by atoms with Crippen molar-refractivity contribution in [2.24, 2.45) is 0 Å². The van der Waals surface area contributed by atoms with Crippen LogP contribution in [0.4, 0.5) is 0 Å². The fourth-order valence-corrected chi connectivity index (χ4v) is 0. The molecule has 0 aromatic heterocycles. The molecule has 0 aromatic carbocycles. The molecule has 0 aliphatic carbocycles. The largest absolute Gasteiger partial charge is 2.00 e. The van der Waals surface area contributed by atoms with E-state index < -0.39 is 0 Å². The molecular formula is H2CoLaOSr. The molecule has 0 amide bonds. The molecular weight excluding hydrogens is 301 g/mol. The zero-order valence-electron chi connectivity index (χ0n) is 4.03. The Kier molecular flexibility index (Phi) is 65.8. The van der Waals surface area contributed by atoms with Gasteiger partial charge in [-0.3, -0.25) is 0 Å². The van der Waals surface area contributed by atoms with Crippen molar-refractivity contribution in [1.82, 2.24) is 0 Å². The van der Waals surface area contributed by atoms with Gasteiger partial charge in [-0.25, -0.2) is 0 Å². The molecule has 1 nitrogen and oxygen atoms in total. The Balaban J connectivity index is -0.000000000833. The molecule has 0 saturated heterocycles. The van der Waals surface area contributed by atoms with E-state index in [1.807, 2.05) is 0 Å². The van der Waals surface area contributed by atoms with Gasteiger partial charge in [0.05, 0.1) is 0 Å². The van der Waals surface area contributed by atoms with E-state index in [1.54, 1.807) is 0 Å². The molecule has 1 radical (unpaired) electrons. The van der Waals surface area contributed by atoms with E-state index in [-0.39, 0.29) is 83.9 Å². The summed E-state index contributed by atoms with van der Waals surface area (Å²) in [6, 6.07) is 0. The van der Waals surface area contributed by atoms with Gasteiger partial charge >= 0.3 is 65.0 Å². The van der Waals surface area contributed by atoms with E-state index in [1.165, 1.54) is 0 Å². The van der Waals surface area contributed by atoms with Crippen LogP contribution >= 0.6 is 0 Å². The van der Waals surface area contributed by atoms with Crippen molar-refractivity contribution in [3.63, 3.8) is 0 Å². The van der Waals surface area contributed by atoms with Crippen molar-refractivity contribution < 1.29 is 58.0 Å². The first kappa shape index (κ1) is 15.8. The third-order valence-corrected chi connectivity index (χ3v) is 0. The molecule has 4 heteroatoms. The Morgan fingerprint density at radius 1 is 1.50 bits per heavy atom. The molecule has 0 rings (SSSR count). The summed E-state index contributed by atoms with van der Waals surface area (Å²) in [4.78, 5) is 0. The first-order valence-electron chi connectivity index (χ1n) is 0.136. The molecule has 0 saturated carbocycles. The van der Waals surface area contributed by atoms with Crippen molar-refractivity contribution in [3.8, 4) is 0 Å². The Morgan fingerprint density at radius 2 is 1.50 bits per heavy atom. The van der Waals surface area contributed by atoms with Gasteiger partial charge in [-0.1, -0.05) is 0 Å². The van der Waals surface area contributed by atoms with Crippen molar-refractivity contribution in [1.29, 1.82) is 0 Å². The van der Waals surface area contributed by atoms with Crippen LogP contribution in [0.25, 0.3) is 0 Å². The Labute approximate surface area is 101 Å². The summed E-state index contributed by atoms with van der Waals surface area (Å²) < 4.78 is 7.94. The van der Waals surface area contributed by atoms with E-state index in [2.05, 4.69) is 15.7 Å². The van der Waals surface area contributed by atoms with Crippen molar-refractivity contribution in [2.45, 2.75) is 0 Å². The van der Waals surface area contributed by atoms with Gasteiger partial charge in [-0.05, 0) is 0 Å². The predicted octanol–water partition coefficient (Wildman–Crippen LogP) is -0.277. The molecule has 0 spiro atoms. The minimum absolute atomic E-state index is 0. The maximum atomic E-state index is 7.94. The summed E-state index contributed by atoms with van der Waals surface area (Å²) in [5.41, 5.74) is 0. The average Bonchev–Trinajstić information content (AvgIpc) is 1.00. The third kappa shape index (κ3) is 8.88. The van der Waals surface area contributed by atoms with Gasteiger partial charge in [0.2, 0.25) is 0 Å². The Morgan fingerprint density at radius 3 is 1.50 bits per heavy atom. The van der Waals surface area contributed by atoms with Gasteiger partial charge in [-0.15, -0.1) is 0 Å². The predicted molar refractivity (Wildman–Crippen MR) is 8.66 cm³/mol. The topological polar surface area (TPSA) is 17.1 Å². The summed E-state index contributed by atoms with van der Waals surface area (Å²) in [5.74, 6) is 0. The van der Waals surface area contributed by atoms with Crippen LogP contribution in [0.15, 0.2) is 0 Å². The molecule has 0 unspecified atom stereocenters. The van der Waals surface area contributed by atoms with Crippen molar-refractivity contribution >= 4 is 45.5 Å². The van der Waals surface area contributed by atoms with Crippen LogP contribution in [-0.4, -0.2) is 45.5 Å². The summed E-state index contributed by atoms with van der Waals surface area (Å²) in [6.45, 7) is 0. The quantitative estimate of drug-likeness (QED) is 0.563. The number of hydrogen-bond acceptors (Lipinski definition) is 1. The number of hydrogen-bond donors (Lipinski definition) is 0. The van der Waals surface area contributed by atoms with Crippen LogP contribution in [0.3, 0.4) is 0 Å². The molecule has 0 aromatic rings. The van der Waals surface area contributed by atoms with E-state index in [4.69, 9.17) is 3.87 Å². The van der Waals surface area contributed by atoms with E-state index >= 15 is 0 Å². The van der Waals surface area contributed by atoms with Crippen LogP contribution in [0, 0.1) is 35.6 Å². The van der Waals surface area contributed by atoms with Crippen LogP contribution in [-0.2, 0) is 19.5 Å². The second-order valence-electron chi connectivity index (χ2n) is 0. The van der Waals surface area contributed by atoms with E-state index in [9.17, 15) is 0 Å². The van der Waals surface area contributed by atoms with Crippen LogP contribution in [0.1, 0.15) is 2.85 Å². The molecule has 0 aliphatic rings. The molecule has 0 fully saturated rings. The maximum absolute atomic E-state index is 7.94. The van der Waals surface area contributed by atoms with Crippen LogP contribution < -0.4 is 0 Å². The van der Waals surface area contributed by atoms with Gasteiger partial charge in [0.1, 0.15) is 0 Å². The molecule has 0 N–H and O–H groups in total. The van der Waals surface area contributed by atoms with Gasteiger partial charge in [0.25, 0.3) is 0 Å². The van der Waals surface area contributed by atoms with E-state index in [0.717, 1.165) is 0 Å². The van der Waals surface area contributed by atoms with Crippen molar-refractivity contribution in [3.05, 3.63) is 0 Å². The molecule has 0 heterocycles. The minimum atomic E-state index is 0. The van der Waals surface area contributed by atoms with Crippen LogP contribution in [0.5, 0.6) is 0 Å². The summed E-state index contributed by atoms with van der Waals surface area (Å²) in [5, 5.41) is 0. The fourth-order valence-electron chi connectivity index (χ4n) is 0.